The van der Waals surface area contributed by atoms with Crippen LogP contribution in [-0.2, 0) is 4.79 Å². The number of rotatable bonds is 3. The van der Waals surface area contributed by atoms with Crippen LogP contribution in [0.1, 0.15) is 12.5 Å². The number of benzene rings is 1. The van der Waals surface area contributed by atoms with E-state index < -0.39 is 12.1 Å². The largest absolute Gasteiger partial charge is 0.479 e. The number of aliphatic carboxylic acids is 1. The van der Waals surface area contributed by atoms with E-state index >= 15 is 0 Å². The summed E-state index contributed by atoms with van der Waals surface area (Å²) in [5, 5.41) is 9.25. The third-order valence-electron chi connectivity index (χ3n) is 1.79. The number of hydrogen-bond acceptors (Lipinski definition) is 2. The van der Waals surface area contributed by atoms with E-state index in [9.17, 15) is 4.79 Å². The molecule has 3 nitrogen and oxygen atoms in total. The van der Waals surface area contributed by atoms with E-state index in [0.29, 0.717) is 10.8 Å². The first kappa shape index (κ1) is 10.9. The number of hydrogen-bond donors (Lipinski definition) is 1. The second-order valence-corrected chi connectivity index (χ2v) is 3.44. The molecule has 1 rings (SSSR count). The van der Waals surface area contributed by atoms with Gasteiger partial charge in [-0.05, 0) is 37.6 Å². The van der Waals surface area contributed by atoms with Crippen molar-refractivity contribution in [3.63, 3.8) is 0 Å². The topological polar surface area (TPSA) is 46.5 Å². The van der Waals surface area contributed by atoms with Crippen molar-refractivity contribution in [2.45, 2.75) is 20.0 Å². The Balaban J connectivity index is 2.82. The van der Waals surface area contributed by atoms with E-state index in [2.05, 4.69) is 0 Å². The van der Waals surface area contributed by atoms with Gasteiger partial charge in [-0.1, -0.05) is 11.6 Å². The lowest BCUT2D eigenvalue weighted by Gasteiger charge is -2.12. The van der Waals surface area contributed by atoms with Crippen molar-refractivity contribution in [1.82, 2.24) is 0 Å². The average Bonchev–Trinajstić information content (AvgIpc) is 2.09. The minimum absolute atomic E-state index is 0.546. The van der Waals surface area contributed by atoms with Crippen molar-refractivity contribution in [1.29, 1.82) is 0 Å². The molecule has 76 valence electrons. The first-order valence-electron chi connectivity index (χ1n) is 4.16. The minimum atomic E-state index is -0.987. The third-order valence-corrected chi connectivity index (χ3v) is 2.02. The van der Waals surface area contributed by atoms with Gasteiger partial charge in [0.05, 0.1) is 0 Å². The van der Waals surface area contributed by atoms with Crippen molar-refractivity contribution < 1.29 is 14.6 Å². The zero-order valence-corrected chi connectivity index (χ0v) is 8.71. The van der Waals surface area contributed by atoms with Gasteiger partial charge in [-0.25, -0.2) is 4.79 Å². The van der Waals surface area contributed by atoms with Gasteiger partial charge in [0.25, 0.3) is 0 Å². The fraction of sp³-hybridized carbons (Fsp3) is 0.300. The van der Waals surface area contributed by atoms with Crippen LogP contribution in [0.3, 0.4) is 0 Å². The van der Waals surface area contributed by atoms with E-state index in [1.54, 1.807) is 18.2 Å². The lowest BCUT2D eigenvalue weighted by atomic mass is 10.2. The summed E-state index contributed by atoms with van der Waals surface area (Å²) < 4.78 is 5.20. The number of ether oxygens (including phenoxy) is 1. The van der Waals surface area contributed by atoms with Crippen LogP contribution in [0.25, 0.3) is 0 Å². The molecule has 0 heterocycles. The van der Waals surface area contributed by atoms with Gasteiger partial charge in [-0.2, -0.15) is 0 Å². The monoisotopic (exact) mass is 217 g/mol. The number of carbonyl (C=O) groups is 1. The SMILES string of the molecule is Cc1cc(Cl)ccc1O[13CH]([13CH3])[13C](=O)O. The smallest absolute Gasteiger partial charge is 0.344 e. The molecular formula is C10H11ClO3. The van der Waals surface area contributed by atoms with E-state index in [1.807, 2.05) is 6.92 Å². The predicted octanol–water partition coefficient (Wildman–Crippen LogP) is 2.50. The second-order valence-electron chi connectivity index (χ2n) is 3.01. The summed E-state index contributed by atoms with van der Waals surface area (Å²) >= 11 is 5.74. The summed E-state index contributed by atoms with van der Waals surface area (Å²) in [7, 11) is 0. The molecule has 1 aromatic carbocycles. The molecule has 0 saturated carbocycles. The van der Waals surface area contributed by atoms with Gasteiger partial charge in [0.1, 0.15) is 5.75 Å². The summed E-state index contributed by atoms with van der Waals surface area (Å²) in [4.78, 5) is 10.5. The Morgan fingerprint density at radius 2 is 2.21 bits per heavy atom. The van der Waals surface area contributed by atoms with E-state index in [1.165, 1.54) is 6.92 Å². The van der Waals surface area contributed by atoms with Crippen LogP contribution < -0.4 is 4.74 Å². The predicted molar refractivity (Wildman–Crippen MR) is 53.9 cm³/mol. The Kier molecular flexibility index (Phi) is 3.36. The van der Waals surface area contributed by atoms with Gasteiger partial charge in [-0.15, -0.1) is 0 Å². The number of carboxylic acid groups (broad SMARTS) is 1. The molecule has 14 heavy (non-hydrogen) atoms. The van der Waals surface area contributed by atoms with Crippen LogP contribution in [0.4, 0.5) is 0 Å². The lowest BCUT2D eigenvalue weighted by Crippen LogP contribution is -2.23. The molecule has 0 bridgehead atoms. The molecule has 0 fully saturated rings. The Labute approximate surface area is 87.3 Å². The summed E-state index contributed by atoms with van der Waals surface area (Å²) in [6.07, 6.45) is -0.852. The van der Waals surface area contributed by atoms with E-state index in [4.69, 9.17) is 21.4 Å². The highest BCUT2D eigenvalue weighted by atomic mass is 35.5. The highest BCUT2D eigenvalue weighted by molar-refractivity contribution is 6.30. The van der Waals surface area contributed by atoms with E-state index in [0.717, 1.165) is 5.56 Å². The quantitative estimate of drug-likeness (QED) is 0.792. The average molecular weight is 218 g/mol. The zero-order valence-electron chi connectivity index (χ0n) is 7.95. The fourth-order valence-electron chi connectivity index (χ4n) is 0.986. The summed E-state index contributed by atoms with van der Waals surface area (Å²) in [6, 6.07) is 5.06. The summed E-state index contributed by atoms with van der Waals surface area (Å²) in [6.45, 7) is 3.30. The van der Waals surface area contributed by atoms with Crippen LogP contribution in [0.2, 0.25) is 5.02 Å². The maximum Gasteiger partial charge on any atom is 0.344 e. The molecule has 0 spiro atoms. The van der Waals surface area contributed by atoms with Crippen LogP contribution in [0.5, 0.6) is 5.75 Å². The van der Waals surface area contributed by atoms with Crippen LogP contribution in [0.15, 0.2) is 18.2 Å². The highest BCUT2D eigenvalue weighted by Gasteiger charge is 2.13. The molecule has 0 aromatic heterocycles. The van der Waals surface area contributed by atoms with Crippen molar-refractivity contribution >= 4 is 17.6 Å². The maximum atomic E-state index is 10.5. The van der Waals surface area contributed by atoms with Gasteiger partial charge in [0.15, 0.2) is 6.10 Å². The fourth-order valence-corrected chi connectivity index (χ4v) is 1.21. The van der Waals surface area contributed by atoms with Gasteiger partial charge >= 0.3 is 5.97 Å². The van der Waals surface area contributed by atoms with Gasteiger partial charge < -0.3 is 9.84 Å². The molecular weight excluding hydrogens is 207 g/mol. The Morgan fingerprint density at radius 3 is 2.71 bits per heavy atom. The number of aryl methyl sites for hydroxylation is 1. The van der Waals surface area contributed by atoms with E-state index in [-0.39, 0.29) is 0 Å². The molecule has 0 radical (unpaired) electrons. The maximum absolute atomic E-state index is 10.5. The molecule has 1 aromatic rings. The molecule has 0 aliphatic carbocycles. The molecule has 1 N–H and O–H groups in total. The Bertz CT molecular complexity index is 349. The molecule has 0 aliphatic heterocycles. The van der Waals surface area contributed by atoms with Gasteiger partial charge in [0.2, 0.25) is 0 Å². The Hall–Kier alpha value is -1.22. The first-order valence-corrected chi connectivity index (χ1v) is 4.54. The standard InChI is InChI=1S/C10H11ClO3/c1-6-5-8(11)3-4-9(6)14-7(2)10(12)13/h3-5,7H,1-2H3,(H,12,13)/i2+1,7+1,10+1. The molecule has 0 amide bonds. The highest BCUT2D eigenvalue weighted by Crippen LogP contribution is 2.22. The molecule has 1 unspecified atom stereocenters. The summed E-state index contributed by atoms with van der Waals surface area (Å²) in [5.74, 6) is -0.441. The lowest BCUT2D eigenvalue weighted by molar-refractivity contribution is -0.144. The molecule has 0 saturated heterocycles. The minimum Gasteiger partial charge on any atom is -0.479 e. The first-order chi connectivity index (χ1) is 6.50. The molecule has 1 atom stereocenters. The number of halogens is 1. The second kappa shape index (κ2) is 4.33. The van der Waals surface area contributed by atoms with Crippen molar-refractivity contribution in [3.05, 3.63) is 28.8 Å². The van der Waals surface area contributed by atoms with Crippen LogP contribution in [0, 0.1) is 6.92 Å². The normalized spacial score (nSPS) is 12.2. The van der Waals surface area contributed by atoms with Crippen LogP contribution >= 0.6 is 11.6 Å². The molecule has 0 aliphatic rings. The third kappa shape index (κ3) is 2.64. The Morgan fingerprint density at radius 1 is 1.57 bits per heavy atom. The van der Waals surface area contributed by atoms with Gasteiger partial charge in [0, 0.05) is 5.02 Å². The van der Waals surface area contributed by atoms with Gasteiger partial charge in [-0.3, -0.25) is 0 Å². The number of carboxylic acids is 1. The van der Waals surface area contributed by atoms with Crippen molar-refractivity contribution in [2.24, 2.45) is 0 Å². The summed E-state index contributed by atoms with van der Waals surface area (Å²) in [5.41, 5.74) is 0.825. The zero-order chi connectivity index (χ0) is 10.7. The van der Waals surface area contributed by atoms with Crippen molar-refractivity contribution in [3.8, 4) is 5.75 Å². The van der Waals surface area contributed by atoms with Crippen molar-refractivity contribution in [2.75, 3.05) is 0 Å². The van der Waals surface area contributed by atoms with Crippen LogP contribution in [-0.4, -0.2) is 17.2 Å². The molecule has 4 heteroatoms.